The van der Waals surface area contributed by atoms with E-state index < -0.39 is 11.9 Å². The predicted octanol–water partition coefficient (Wildman–Crippen LogP) is -0.144. The molecule has 4 nitrogen and oxygen atoms in total. The first-order valence-corrected chi connectivity index (χ1v) is 1.37. The van der Waals surface area contributed by atoms with Crippen molar-refractivity contribution < 1.29 is 19.4 Å². The molecule has 5 heteroatoms. The monoisotopic (exact) mass is 386 g/mol. The first kappa shape index (κ1) is 15.8. The molecule has 0 saturated heterocycles. The summed E-state index contributed by atoms with van der Waals surface area (Å²) in [4.78, 5) is 19.0. The van der Waals surface area contributed by atoms with Crippen molar-refractivity contribution in [3.63, 3.8) is 0 Å². The van der Waals surface area contributed by atoms with Gasteiger partial charge in [-0.3, -0.25) is 0 Å². The van der Waals surface area contributed by atoms with Crippen LogP contribution in [0.5, 0.6) is 0 Å². The van der Waals surface area contributed by atoms with Crippen LogP contribution in [0, 0.1) is 14.5 Å². The average Bonchev–Trinajstić information content (AvgIpc) is 1.65. The molecule has 0 rings (SSSR count). The minimum Gasteiger partial charge on any atom is -0.632 e. The Morgan fingerprint density at radius 2 is 1.78 bits per heavy atom. The quantitative estimate of drug-likeness (QED) is 0.358. The van der Waals surface area contributed by atoms with E-state index in [0.29, 0.717) is 0 Å². The molecule has 9 heavy (non-hydrogen) atoms. The van der Waals surface area contributed by atoms with Crippen molar-refractivity contribution >= 4 is 11.9 Å². The maximum atomic E-state index is 9.63. The van der Waals surface area contributed by atoms with E-state index in [1.54, 1.807) is 0 Å². The summed E-state index contributed by atoms with van der Waals surface area (Å²) in [6.07, 6.45) is 0. The Balaban J connectivity index is -0.000000180. The molecule has 0 aliphatic rings. The molecule has 0 amide bonds. The van der Waals surface area contributed by atoms with Gasteiger partial charge in [-0.15, -0.1) is 0 Å². The summed E-state index contributed by atoms with van der Waals surface area (Å²) in [6, 6.07) is 0. The average molecular weight is 386 g/mol. The van der Waals surface area contributed by atoms with Crippen LogP contribution in [0.25, 0.3) is 0 Å². The number of hydrogen-bond donors (Lipinski definition) is 1. The summed E-state index contributed by atoms with van der Waals surface area (Å²) in [7, 11) is 2.58. The summed E-state index contributed by atoms with van der Waals surface area (Å²) in [6.45, 7) is 0. The normalized spacial score (nSPS) is 5.89. The van der Waals surface area contributed by atoms with Crippen molar-refractivity contribution in [2.75, 3.05) is 0 Å². The first-order chi connectivity index (χ1) is 3.18. The molecule has 0 saturated carbocycles. The van der Waals surface area contributed by atoms with Gasteiger partial charge >= 0.3 is 11.9 Å². The van der Waals surface area contributed by atoms with E-state index in [1.165, 1.54) is 0 Å². The van der Waals surface area contributed by atoms with Gasteiger partial charge in [-0.25, -0.2) is 9.59 Å². The Kier molecular flexibility index (Phi) is 10.4. The SMILES string of the molecule is [CH2-]OC(=O)C(=O)O.[CH3-].[Db]. The van der Waals surface area contributed by atoms with Crippen molar-refractivity contribution in [1.29, 1.82) is 0 Å². The first-order valence-electron chi connectivity index (χ1n) is 1.37. The zero-order valence-electron chi connectivity index (χ0n) is 5.09. The maximum Gasteiger partial charge on any atom is 0.412 e. The second-order valence-corrected chi connectivity index (χ2v) is 0.737. The number of esters is 1. The second kappa shape index (κ2) is 5.94. The number of ether oxygens (including phenoxy) is 1. The smallest absolute Gasteiger partial charge is 0.412 e. The molecule has 0 aliphatic carbocycles. The number of carbonyl (C=O) groups is 2. The van der Waals surface area contributed by atoms with Gasteiger partial charge in [-0.1, -0.05) is 0 Å². The number of hydrogen-bond acceptors (Lipinski definition) is 3. The van der Waals surface area contributed by atoms with Crippen LogP contribution in [0.15, 0.2) is 0 Å². The fourth-order valence-corrected chi connectivity index (χ4v) is 0.0617. The van der Waals surface area contributed by atoms with Crippen LogP contribution < -0.4 is 0 Å². The zero-order valence-corrected chi connectivity index (χ0v) is 11.5. The number of rotatable bonds is 0. The molecule has 0 bridgehead atoms. The Morgan fingerprint density at radius 3 is 1.78 bits per heavy atom. The van der Waals surface area contributed by atoms with Crippen LogP contribution in [-0.2, 0) is 14.3 Å². The summed E-state index contributed by atoms with van der Waals surface area (Å²) >= 11 is 0. The Hall–Kier alpha value is -2.06. The fraction of sp³-hybridized carbons (Fsp3) is 0. The predicted molar refractivity (Wildman–Crippen MR) is 25.5 cm³/mol. The standard InChI is InChI=1S/C3H3O4.CH3.Db/c1-7-3(6)2(4)5;;/h1H2,(H,4,5);1H3;/q2*-1;. The minimum absolute atomic E-state index is 0. The van der Waals surface area contributed by atoms with Crippen LogP contribution in [0.3, 0.4) is 0 Å². The summed E-state index contributed by atoms with van der Waals surface area (Å²) in [5, 5.41) is 7.67. The molecule has 0 radical (unpaired) electrons. The third kappa shape index (κ3) is 5.94. The van der Waals surface area contributed by atoms with Crippen molar-refractivity contribution in [2.45, 2.75) is 0 Å². The van der Waals surface area contributed by atoms with E-state index in [4.69, 9.17) is 5.11 Å². The molecule has 0 aromatic heterocycles. The van der Waals surface area contributed by atoms with E-state index in [1.807, 2.05) is 0 Å². The van der Waals surface area contributed by atoms with Gasteiger partial charge in [-0.05, 0) is 0 Å². The number of carboxylic acid groups (broad SMARTS) is 1. The Morgan fingerprint density at radius 1 is 1.44 bits per heavy atom. The molecular formula is C4H6DbO4-2. The largest absolute Gasteiger partial charge is 0.632 e. The molecule has 0 aromatic rings. The summed E-state index contributed by atoms with van der Waals surface area (Å²) in [5.41, 5.74) is 0. The minimum atomic E-state index is -1.63. The topological polar surface area (TPSA) is 63.6 Å². The summed E-state index contributed by atoms with van der Waals surface area (Å²) in [5.74, 6) is -2.98. The molecule has 0 unspecified atom stereocenters. The van der Waals surface area contributed by atoms with Crippen molar-refractivity contribution in [1.82, 2.24) is 0 Å². The van der Waals surface area contributed by atoms with E-state index in [-0.39, 0.29) is 7.43 Å². The Bertz CT molecular complexity index is 101. The van der Waals surface area contributed by atoms with Crippen molar-refractivity contribution in [3.05, 3.63) is 14.5 Å². The fourth-order valence-electron chi connectivity index (χ4n) is 0.0617. The summed E-state index contributed by atoms with van der Waals surface area (Å²) < 4.78 is 3.52. The van der Waals surface area contributed by atoms with E-state index in [2.05, 4.69) is 11.8 Å². The Labute approximate surface area is 47.1 Å². The van der Waals surface area contributed by atoms with E-state index in [9.17, 15) is 9.59 Å². The molecule has 0 aliphatic heterocycles. The van der Waals surface area contributed by atoms with Crippen LogP contribution in [0.2, 0.25) is 0 Å². The zero-order chi connectivity index (χ0) is 5.86. The van der Waals surface area contributed by atoms with Gasteiger partial charge in [0.05, 0.1) is 0 Å². The van der Waals surface area contributed by atoms with E-state index >= 15 is 0 Å². The molecule has 50 valence electrons. The molecule has 1 N–H and O–H groups in total. The number of aliphatic carboxylic acids is 1. The van der Waals surface area contributed by atoms with Crippen LogP contribution in [-0.4, -0.2) is 17.0 Å². The number of carbonyl (C=O) groups excluding carboxylic acids is 1. The van der Waals surface area contributed by atoms with E-state index in [0.717, 1.165) is 0 Å². The molecular weight excluding hydrogens is 380 g/mol. The molecule has 0 atom stereocenters. The van der Waals surface area contributed by atoms with Gasteiger partial charge in [0.2, 0.25) is 0 Å². The molecule has 0 spiro atoms. The third-order valence-electron chi connectivity index (χ3n) is 0.306. The molecule has 0 heterocycles. The number of carboxylic acids is 1. The van der Waals surface area contributed by atoms with Gasteiger partial charge in [0, 0.05) is 0 Å². The van der Waals surface area contributed by atoms with Gasteiger partial charge in [-0.2, -0.15) is 7.11 Å². The molecule has 0 aromatic carbocycles. The van der Waals surface area contributed by atoms with Gasteiger partial charge in [0.1, 0.15) is 0 Å². The molecule has 0 fully saturated rings. The van der Waals surface area contributed by atoms with Crippen LogP contribution in [0.1, 0.15) is 0 Å². The van der Waals surface area contributed by atoms with Gasteiger partial charge in [0.15, 0.2) is 0 Å². The van der Waals surface area contributed by atoms with Crippen LogP contribution >= 0.6 is 0 Å². The van der Waals surface area contributed by atoms with Gasteiger partial charge in [0.25, 0.3) is 0 Å². The third-order valence-corrected chi connectivity index (χ3v) is 0.306. The van der Waals surface area contributed by atoms with Crippen LogP contribution in [0.4, 0.5) is 0 Å². The van der Waals surface area contributed by atoms with Crippen molar-refractivity contribution in [3.8, 4) is 0 Å². The maximum absolute atomic E-state index is 9.63. The van der Waals surface area contributed by atoms with Gasteiger partial charge < -0.3 is 17.3 Å². The second-order valence-electron chi connectivity index (χ2n) is 0.737. The van der Waals surface area contributed by atoms with Crippen molar-refractivity contribution in [2.24, 2.45) is 0 Å².